The third-order valence-electron chi connectivity index (χ3n) is 8.53. The van der Waals surface area contributed by atoms with Crippen molar-refractivity contribution in [3.05, 3.63) is 69.6 Å². The highest BCUT2D eigenvalue weighted by molar-refractivity contribution is 5.79. The van der Waals surface area contributed by atoms with Crippen molar-refractivity contribution >= 4 is 5.91 Å². The standard InChI is InChI=1S/C29H34F3N3O3.C2H6O/c1-28(2,33-37)23-5-3-4-20(14-23)19-10-12-34(13-11-19)25-8-6-21(16-25)27(36)35-17-22-15-24(29(30,31)32)7-9-26(22)38-18-35;1-2-3/h3-5,7,9,14-15,19,21,25H,6,8,10-13,16-18H2,1-2H3;3H,2H2,1H3. The molecule has 2 aromatic carbocycles. The second kappa shape index (κ2) is 12.9. The molecule has 5 rings (SSSR count). The number of hydrogen-bond acceptors (Lipinski definition) is 6. The van der Waals surface area contributed by atoms with E-state index in [2.05, 4.69) is 22.2 Å². The summed E-state index contributed by atoms with van der Waals surface area (Å²) in [6.07, 6.45) is 0.103. The van der Waals surface area contributed by atoms with Gasteiger partial charge in [0.2, 0.25) is 5.91 Å². The molecule has 10 heteroatoms. The number of nitrogens with zero attached hydrogens (tertiary/aromatic N) is 3. The quantitative estimate of drug-likeness (QED) is 0.416. The predicted octanol–water partition coefficient (Wildman–Crippen LogP) is 6.43. The summed E-state index contributed by atoms with van der Waals surface area (Å²) in [5, 5.41) is 10.8. The van der Waals surface area contributed by atoms with Crippen molar-refractivity contribution in [2.45, 2.75) is 83.1 Å². The molecule has 224 valence electrons. The van der Waals surface area contributed by atoms with Gasteiger partial charge in [0, 0.05) is 24.1 Å². The van der Waals surface area contributed by atoms with Crippen LogP contribution in [0.4, 0.5) is 13.2 Å². The Kier molecular flexibility index (Phi) is 9.74. The Bertz CT molecular complexity index is 1210. The molecule has 3 aliphatic rings. The van der Waals surface area contributed by atoms with Crippen LogP contribution in [-0.2, 0) is 23.1 Å². The Morgan fingerprint density at radius 3 is 2.41 bits per heavy atom. The average Bonchev–Trinajstić information content (AvgIpc) is 3.47. The molecule has 0 aromatic heterocycles. The first-order chi connectivity index (χ1) is 19.5. The topological polar surface area (TPSA) is 82.4 Å². The maximum absolute atomic E-state index is 13.3. The van der Waals surface area contributed by atoms with Gasteiger partial charge in [0.15, 0.2) is 6.73 Å². The first kappa shape index (κ1) is 31.0. The molecule has 2 aliphatic heterocycles. The smallest absolute Gasteiger partial charge is 0.416 e. The maximum atomic E-state index is 13.3. The lowest BCUT2D eigenvalue weighted by Crippen LogP contribution is -2.42. The van der Waals surface area contributed by atoms with Gasteiger partial charge in [0.25, 0.3) is 0 Å². The van der Waals surface area contributed by atoms with Crippen LogP contribution in [0.15, 0.2) is 47.6 Å². The molecule has 2 heterocycles. The van der Waals surface area contributed by atoms with E-state index in [9.17, 15) is 22.9 Å². The summed E-state index contributed by atoms with van der Waals surface area (Å²) in [5.41, 5.74) is 1.10. The van der Waals surface area contributed by atoms with E-state index in [1.807, 2.05) is 26.0 Å². The predicted molar refractivity (Wildman–Crippen MR) is 150 cm³/mol. The van der Waals surface area contributed by atoms with E-state index in [4.69, 9.17) is 9.84 Å². The van der Waals surface area contributed by atoms with Crippen LogP contribution in [0.25, 0.3) is 0 Å². The molecule has 1 saturated carbocycles. The largest absolute Gasteiger partial charge is 0.473 e. The molecular formula is C31H40F3N3O4. The third-order valence-corrected chi connectivity index (χ3v) is 8.53. The Morgan fingerprint density at radius 1 is 1.05 bits per heavy atom. The summed E-state index contributed by atoms with van der Waals surface area (Å²) < 4.78 is 45.0. The van der Waals surface area contributed by atoms with Crippen LogP contribution < -0.4 is 4.74 Å². The van der Waals surface area contributed by atoms with E-state index in [1.165, 1.54) is 11.6 Å². The number of fused-ring (bicyclic) bond motifs is 1. The lowest BCUT2D eigenvalue weighted by Gasteiger charge is -2.37. The molecular weight excluding hydrogens is 535 g/mol. The van der Waals surface area contributed by atoms with Crippen LogP contribution in [0.5, 0.6) is 5.75 Å². The SMILES string of the molecule is CC(C)(N=O)c1cccc(C2CCN(C3CCC(C(=O)N4COc5ccc(C(F)(F)F)cc5C4)C3)CC2)c1.CCO. The second-order valence-electron chi connectivity index (χ2n) is 11.7. The molecule has 1 saturated heterocycles. The van der Waals surface area contributed by atoms with E-state index >= 15 is 0 Å². The summed E-state index contributed by atoms with van der Waals surface area (Å²) in [5.74, 6) is 0.669. The van der Waals surface area contributed by atoms with Crippen LogP contribution in [0, 0.1) is 10.8 Å². The van der Waals surface area contributed by atoms with E-state index in [0.717, 1.165) is 62.9 Å². The zero-order valence-corrected chi connectivity index (χ0v) is 24.0. The summed E-state index contributed by atoms with van der Waals surface area (Å²) >= 11 is 0. The van der Waals surface area contributed by atoms with Crippen LogP contribution in [0.2, 0.25) is 0 Å². The minimum absolute atomic E-state index is 0.0336. The van der Waals surface area contributed by atoms with Gasteiger partial charge >= 0.3 is 6.18 Å². The van der Waals surface area contributed by atoms with Crippen LogP contribution in [0.1, 0.15) is 81.0 Å². The minimum Gasteiger partial charge on any atom is -0.473 e. The number of rotatable bonds is 5. The Labute approximate surface area is 239 Å². The van der Waals surface area contributed by atoms with Crippen molar-refractivity contribution in [3.8, 4) is 5.75 Å². The number of aliphatic hydroxyl groups is 1. The molecule has 41 heavy (non-hydrogen) atoms. The van der Waals surface area contributed by atoms with E-state index in [-0.39, 0.29) is 31.7 Å². The molecule has 1 aliphatic carbocycles. The zero-order valence-electron chi connectivity index (χ0n) is 24.0. The number of nitroso groups, excluding NO2 is 1. The van der Waals surface area contributed by atoms with Crippen LogP contribution in [0.3, 0.4) is 0 Å². The molecule has 2 atom stereocenters. The molecule has 0 bridgehead atoms. The lowest BCUT2D eigenvalue weighted by molar-refractivity contribution is -0.140. The molecule has 0 radical (unpaired) electrons. The fraction of sp³-hybridized carbons (Fsp3) is 0.581. The lowest BCUT2D eigenvalue weighted by atomic mass is 9.85. The monoisotopic (exact) mass is 575 g/mol. The van der Waals surface area contributed by atoms with Gasteiger partial charge in [-0.2, -0.15) is 13.2 Å². The second-order valence-corrected chi connectivity index (χ2v) is 11.7. The average molecular weight is 576 g/mol. The zero-order chi connectivity index (χ0) is 29.8. The highest BCUT2D eigenvalue weighted by Crippen LogP contribution is 2.38. The van der Waals surface area contributed by atoms with Crippen molar-refractivity contribution in [1.82, 2.24) is 9.80 Å². The fourth-order valence-corrected chi connectivity index (χ4v) is 6.16. The minimum atomic E-state index is -4.43. The molecule has 1 amide bonds. The highest BCUT2D eigenvalue weighted by atomic mass is 19.4. The maximum Gasteiger partial charge on any atom is 0.416 e. The van der Waals surface area contributed by atoms with E-state index < -0.39 is 17.3 Å². The number of piperidine rings is 1. The van der Waals surface area contributed by atoms with Crippen molar-refractivity contribution in [1.29, 1.82) is 0 Å². The van der Waals surface area contributed by atoms with Crippen molar-refractivity contribution < 1.29 is 27.8 Å². The summed E-state index contributed by atoms with van der Waals surface area (Å²) in [6.45, 7) is 7.70. The first-order valence-electron chi connectivity index (χ1n) is 14.4. The van der Waals surface area contributed by atoms with Crippen molar-refractivity contribution in [2.75, 3.05) is 26.4 Å². The van der Waals surface area contributed by atoms with E-state index in [0.29, 0.717) is 23.3 Å². The number of carbonyl (C=O) groups is 1. The molecule has 2 fully saturated rings. The van der Waals surface area contributed by atoms with Gasteiger partial charge in [-0.15, -0.1) is 4.91 Å². The van der Waals surface area contributed by atoms with Gasteiger partial charge in [-0.3, -0.25) is 4.79 Å². The molecule has 1 N–H and O–H groups in total. The van der Waals surface area contributed by atoms with Gasteiger partial charge in [0.05, 0.1) is 12.1 Å². The van der Waals surface area contributed by atoms with E-state index in [1.54, 1.807) is 11.8 Å². The first-order valence-corrected chi connectivity index (χ1v) is 14.4. The van der Waals surface area contributed by atoms with Gasteiger partial charge < -0.3 is 19.6 Å². The number of likely N-dealkylation sites (tertiary alicyclic amines) is 1. The summed E-state index contributed by atoms with van der Waals surface area (Å²) in [4.78, 5) is 28.6. The number of aliphatic hydroxyl groups excluding tert-OH is 1. The summed E-state index contributed by atoms with van der Waals surface area (Å²) in [7, 11) is 0. The number of ether oxygens (including phenoxy) is 1. The van der Waals surface area contributed by atoms with Crippen LogP contribution in [-0.4, -0.2) is 53.3 Å². The Morgan fingerprint density at radius 2 is 1.76 bits per heavy atom. The van der Waals surface area contributed by atoms with Crippen molar-refractivity contribution in [3.63, 3.8) is 0 Å². The normalized spacial score (nSPS) is 21.9. The number of hydrogen-bond donors (Lipinski definition) is 1. The number of carbonyl (C=O) groups excluding carboxylic acids is 1. The van der Waals surface area contributed by atoms with Gasteiger partial charge in [-0.05, 0) is 101 Å². The third kappa shape index (κ3) is 7.27. The number of amides is 1. The van der Waals surface area contributed by atoms with Gasteiger partial charge in [-0.1, -0.05) is 29.4 Å². The molecule has 2 aromatic rings. The Hall–Kier alpha value is -2.98. The number of halogens is 3. The van der Waals surface area contributed by atoms with Crippen molar-refractivity contribution in [2.24, 2.45) is 11.1 Å². The molecule has 2 unspecified atom stereocenters. The molecule has 7 nitrogen and oxygen atoms in total. The van der Waals surface area contributed by atoms with Gasteiger partial charge in [0.1, 0.15) is 11.3 Å². The fourth-order valence-electron chi connectivity index (χ4n) is 6.16. The van der Waals surface area contributed by atoms with Gasteiger partial charge in [-0.25, -0.2) is 0 Å². The summed E-state index contributed by atoms with van der Waals surface area (Å²) in [6, 6.07) is 12.0. The number of alkyl halides is 3. The molecule has 0 spiro atoms. The number of benzene rings is 2. The van der Waals surface area contributed by atoms with Crippen LogP contribution >= 0.6 is 0 Å². The highest BCUT2D eigenvalue weighted by Gasteiger charge is 2.38. The Balaban J connectivity index is 0.00000124.